The van der Waals surface area contributed by atoms with Crippen molar-refractivity contribution >= 4 is 134 Å². The van der Waals surface area contributed by atoms with Gasteiger partial charge < -0.3 is 47.4 Å². The van der Waals surface area contributed by atoms with E-state index in [0.717, 1.165) is 177 Å². The van der Waals surface area contributed by atoms with Crippen molar-refractivity contribution in [2.24, 2.45) is 0 Å². The van der Waals surface area contributed by atoms with Crippen LogP contribution in [0, 0.1) is 33.5 Å². The number of nitrogens with one attached hydrogen (secondary N) is 8. The number of hydrogen-bond acceptors (Lipinski definition) is 29. The van der Waals surface area contributed by atoms with Crippen LogP contribution < -0.4 is 42.5 Å². The lowest BCUT2D eigenvalue weighted by Crippen LogP contribution is -2.43. The molecule has 3 fully saturated rings. The van der Waals surface area contributed by atoms with Crippen LogP contribution in [0.2, 0.25) is 0 Å². The smallest absolute Gasteiger partial charge is 0.229 e. The number of piperazine rings is 1. The van der Waals surface area contributed by atoms with E-state index in [1.54, 1.807) is 79.8 Å². The summed E-state index contributed by atoms with van der Waals surface area (Å²) in [7, 11) is -1.12. The molecule has 3 aliphatic heterocycles. The zero-order valence-corrected chi connectivity index (χ0v) is 71.8. The van der Waals surface area contributed by atoms with Gasteiger partial charge in [0.2, 0.25) is 17.8 Å². The number of likely N-dealkylation sites (tertiary alicyclic amines) is 1. The van der Waals surface area contributed by atoms with Gasteiger partial charge in [-0.3, -0.25) is 9.80 Å². The largest absolute Gasteiger partial charge is 0.338 e. The lowest BCUT2D eigenvalue weighted by atomic mass is 9.89. The van der Waals surface area contributed by atoms with E-state index in [2.05, 4.69) is 182 Å². The highest BCUT2D eigenvalue weighted by molar-refractivity contribution is 7.90. The number of nitrogens with zero attached hydrogens (tertiary/aromatic N) is 19. The molecule has 0 saturated carbocycles. The molecule has 8 aromatic heterocycles. The van der Waals surface area contributed by atoms with Crippen molar-refractivity contribution in [1.29, 1.82) is 0 Å². The molecule has 11 heterocycles. The minimum absolute atomic E-state index is 0.224. The van der Waals surface area contributed by atoms with Gasteiger partial charge in [-0.25, -0.2) is 37.7 Å². The fourth-order valence-electron chi connectivity index (χ4n) is 15.5. The Morgan fingerprint density at radius 2 is 0.825 bits per heavy atom. The van der Waals surface area contributed by atoms with Crippen molar-refractivity contribution < 1.29 is 12.8 Å². The van der Waals surface area contributed by atoms with E-state index < -0.39 is 9.84 Å². The molecule has 29 nitrogen and oxygen atoms in total. The van der Waals surface area contributed by atoms with E-state index in [-0.39, 0.29) is 10.7 Å². The molecule has 126 heavy (non-hydrogen) atoms. The number of rotatable bonds is 22. The Kier molecular flexibility index (Phi) is 27.4. The average Bonchev–Trinajstić information content (AvgIpc) is 0.816. The molecule has 0 aliphatic carbocycles. The third kappa shape index (κ3) is 22.4. The number of halogens is 1. The van der Waals surface area contributed by atoms with Crippen molar-refractivity contribution in [1.82, 2.24) is 101 Å². The maximum Gasteiger partial charge on any atom is 0.229 e. The Morgan fingerprint density at radius 1 is 0.405 bits per heavy atom. The lowest BCUT2D eigenvalue weighted by molar-refractivity contribution is 0.148. The molecule has 31 heteroatoms. The van der Waals surface area contributed by atoms with Crippen LogP contribution in [0.25, 0.3) is 43.6 Å². The molecule has 3 saturated heterocycles. The molecule has 0 spiro atoms. The molecule has 19 rings (SSSR count). The number of piperidine rings is 2. The van der Waals surface area contributed by atoms with Gasteiger partial charge in [0.15, 0.2) is 9.84 Å². The van der Waals surface area contributed by atoms with Gasteiger partial charge in [-0.1, -0.05) is 128 Å². The molecule has 0 bridgehead atoms. The first-order valence-corrected chi connectivity index (χ1v) is 44.0. The van der Waals surface area contributed by atoms with E-state index in [1.165, 1.54) is 61.1 Å². The molecule has 8 aromatic carbocycles. The summed E-state index contributed by atoms with van der Waals surface area (Å²) in [5.41, 5.74) is 18.0. The maximum atomic E-state index is 14.5. The highest BCUT2D eigenvalue weighted by Gasteiger charge is 2.21. The van der Waals surface area contributed by atoms with Crippen LogP contribution in [-0.4, -0.2) is 169 Å². The Labute approximate surface area is 730 Å². The fraction of sp³-hybridized carbons (Fsp3) is 0.242. The molecule has 0 amide bonds. The number of sulfone groups is 1. The predicted octanol–water partition coefficient (Wildman–Crippen LogP) is 17.5. The van der Waals surface area contributed by atoms with Crippen LogP contribution in [0.1, 0.15) is 88.4 Å². The second-order valence-corrected chi connectivity index (χ2v) is 33.6. The number of benzene rings is 8. The molecule has 16 aromatic rings. The number of hydrogen-bond donors (Lipinski definition) is 8. The SMILES string of the molecule is Cc1cccc2c(Nc3ccnc(Cc4cccc(C5CCNCC5)c4)n3)cnnc12.Cc1cccc2c(Nc3ccnc(Nc4cc(CN5CCCCC5)ccc4F)n3)cnnc12.Cc1cccc2c(Nc3ccnc(Nc4cccc(CN5CCN(C)CC5)c4)n3)cnnc12.Cc1cccc2c(Nc3ccnc(Nc4cccc(S(C)(=O)=O)c4)n3)cnnc12. The standard InChI is InChI=1S/C25H26FN7.C25H28N8.C25H26N6.C20H18N6O2S/c1-17-6-5-7-19-22(15-28-32-24(17)19)29-23-10-11-27-25(31-23)30-21-14-18(8-9-20(21)26)16-33-12-3-2-4-13-33;1-18-5-3-8-21-22(16-27-31-24(18)21)29-23-9-10-26-25(30-23)28-20-7-4-6-19(15-20)17-33-13-11-32(2)12-14-33;1-17-4-2-7-21-22(16-28-31-25(17)21)29-23-10-13-27-24(30-23)15-18-5-3-6-20(14-18)19-8-11-26-12-9-19;1-13-5-3-8-16-17(12-22-26-19(13)16)24-18-9-10-21-20(25-18)23-14-6-4-7-15(11-14)29(2,27)28/h5-11,14-15H,2-4,12-13,16H2,1H3,(H2,27,29,30,31,32);3-10,15-16H,11-14,17H2,1-2H3,(H2,26,28,29,30,31);2-7,10,13-14,16,19,26H,8-9,11-12,15H2,1H3,(H,27,29,30,31);3-12H,1-2H3,(H2,21,23,24,25,26). The van der Waals surface area contributed by atoms with Gasteiger partial charge in [0, 0.05) is 110 Å². The van der Waals surface area contributed by atoms with Crippen LogP contribution in [0.5, 0.6) is 0 Å². The number of likely N-dealkylation sites (N-methyl/N-ethyl adjacent to an activating group) is 1. The summed E-state index contributed by atoms with van der Waals surface area (Å²) in [4.78, 5) is 43.3. The van der Waals surface area contributed by atoms with Gasteiger partial charge in [0.1, 0.15) is 34.9 Å². The summed E-state index contributed by atoms with van der Waals surface area (Å²) >= 11 is 0. The van der Waals surface area contributed by atoms with Gasteiger partial charge in [-0.05, 0) is 204 Å². The first-order chi connectivity index (χ1) is 61.4. The Hall–Kier alpha value is -14.2. The number of aryl methyl sites for hydroxylation is 4. The maximum absolute atomic E-state index is 14.5. The van der Waals surface area contributed by atoms with Crippen LogP contribution in [0.4, 0.5) is 85.3 Å². The third-order valence-corrected chi connectivity index (χ3v) is 23.3. The highest BCUT2D eigenvalue weighted by atomic mass is 32.2. The van der Waals surface area contributed by atoms with Crippen LogP contribution in [0.3, 0.4) is 0 Å². The van der Waals surface area contributed by atoms with Gasteiger partial charge in [0.25, 0.3) is 0 Å². The summed E-state index contributed by atoms with van der Waals surface area (Å²) in [5.74, 6) is 4.90. The Bertz CT molecular complexity index is 6610. The summed E-state index contributed by atoms with van der Waals surface area (Å²) < 4.78 is 38.0. The lowest BCUT2D eigenvalue weighted by Gasteiger charge is -2.32. The van der Waals surface area contributed by atoms with Crippen molar-refractivity contribution in [2.45, 2.75) is 90.1 Å². The number of fused-ring (bicyclic) bond motifs is 4. The van der Waals surface area contributed by atoms with Crippen LogP contribution in [-0.2, 0) is 29.3 Å². The van der Waals surface area contributed by atoms with Gasteiger partial charge in [-0.15, -0.1) is 0 Å². The second-order valence-electron chi connectivity index (χ2n) is 31.6. The highest BCUT2D eigenvalue weighted by Crippen LogP contribution is 2.34. The van der Waals surface area contributed by atoms with E-state index in [4.69, 9.17) is 4.98 Å². The Morgan fingerprint density at radius 3 is 1.32 bits per heavy atom. The van der Waals surface area contributed by atoms with Gasteiger partial charge in [-0.2, -0.15) is 55.7 Å². The monoisotopic (exact) mass is 1700 g/mol. The van der Waals surface area contributed by atoms with Gasteiger partial charge in [0.05, 0.1) is 80.2 Å². The normalized spacial score (nSPS) is 13.9. The predicted molar refractivity (Wildman–Crippen MR) is 497 cm³/mol. The quantitative estimate of drug-likeness (QED) is 0.0312. The van der Waals surface area contributed by atoms with Crippen molar-refractivity contribution in [3.05, 3.63) is 294 Å². The second kappa shape index (κ2) is 40.4. The molecule has 0 atom stereocenters. The van der Waals surface area contributed by atoms with Crippen LogP contribution in [0.15, 0.2) is 243 Å². The fourth-order valence-corrected chi connectivity index (χ4v) is 16.2. The summed E-state index contributed by atoms with van der Waals surface area (Å²) in [6.07, 6.45) is 21.6. The van der Waals surface area contributed by atoms with Crippen molar-refractivity contribution in [3.63, 3.8) is 0 Å². The minimum atomic E-state index is -3.30. The van der Waals surface area contributed by atoms with E-state index in [1.807, 2.05) is 137 Å². The molecule has 8 N–H and O–H groups in total. The zero-order chi connectivity index (χ0) is 86.7. The summed E-state index contributed by atoms with van der Waals surface area (Å²) in [6.45, 7) is 18.7. The van der Waals surface area contributed by atoms with E-state index >= 15 is 0 Å². The first kappa shape index (κ1) is 85.3. The van der Waals surface area contributed by atoms with Crippen LogP contribution >= 0.6 is 0 Å². The summed E-state index contributed by atoms with van der Waals surface area (Å²) in [6, 6.07) is 60.4. The van der Waals surface area contributed by atoms with Crippen molar-refractivity contribution in [2.75, 3.05) is 103 Å². The number of aromatic nitrogens is 16. The third-order valence-electron chi connectivity index (χ3n) is 22.2. The zero-order valence-electron chi connectivity index (χ0n) is 71.0. The molecular formula is C95H98FN27O2S. The average molecular weight is 1700 g/mol. The van der Waals surface area contributed by atoms with E-state index in [0.29, 0.717) is 59.0 Å². The molecule has 3 aliphatic rings. The minimum Gasteiger partial charge on any atom is -0.338 e. The first-order valence-electron chi connectivity index (χ1n) is 42.1. The number of anilines is 14. The van der Waals surface area contributed by atoms with Gasteiger partial charge >= 0.3 is 0 Å². The Balaban J connectivity index is 0.000000124. The summed E-state index contributed by atoms with van der Waals surface area (Å²) in [5, 5.41) is 63.5. The molecule has 0 radical (unpaired) electrons. The van der Waals surface area contributed by atoms with Crippen molar-refractivity contribution in [3.8, 4) is 0 Å². The molecule has 638 valence electrons. The van der Waals surface area contributed by atoms with E-state index in [9.17, 15) is 12.8 Å². The molecular weight excluding hydrogens is 1600 g/mol. The molecule has 0 unspecified atom stereocenters. The topological polar surface area (TPSA) is 346 Å².